The van der Waals surface area contributed by atoms with Crippen molar-refractivity contribution in [3.8, 4) is 0 Å². The number of amides is 1. The van der Waals surface area contributed by atoms with Gasteiger partial charge in [0.05, 0.1) is 24.6 Å². The Bertz CT molecular complexity index is 492. The van der Waals surface area contributed by atoms with Gasteiger partial charge in [0.1, 0.15) is 5.76 Å². The van der Waals surface area contributed by atoms with E-state index in [0.29, 0.717) is 31.7 Å². The number of furan rings is 1. The van der Waals surface area contributed by atoms with Crippen LogP contribution in [0.15, 0.2) is 35.0 Å². The lowest BCUT2D eigenvalue weighted by Gasteiger charge is -2.29. The molecule has 0 spiro atoms. The standard InChI is InChI=1S/C15H19NO4/c1-2-16(10-11-6-5-9-20-11)14(17)12-7-3-4-8-13(12)15(18)19/h3-6,9,12-13H,2,7-8,10H2,1H3,(H,18,19)/t12-,13+/m1/s1. The Morgan fingerprint density at radius 3 is 2.60 bits per heavy atom. The van der Waals surface area contributed by atoms with E-state index in [-0.39, 0.29) is 5.91 Å². The molecule has 2 atom stereocenters. The first-order valence-corrected chi connectivity index (χ1v) is 6.82. The van der Waals surface area contributed by atoms with E-state index in [1.54, 1.807) is 17.2 Å². The maximum atomic E-state index is 12.6. The van der Waals surface area contributed by atoms with Crippen molar-refractivity contribution in [2.24, 2.45) is 11.8 Å². The number of rotatable bonds is 5. The number of carboxylic acids is 1. The second-order valence-corrected chi connectivity index (χ2v) is 4.93. The van der Waals surface area contributed by atoms with Gasteiger partial charge in [0.2, 0.25) is 5.91 Å². The summed E-state index contributed by atoms with van der Waals surface area (Å²) in [6.45, 7) is 2.80. The summed E-state index contributed by atoms with van der Waals surface area (Å²) in [5.41, 5.74) is 0. The lowest BCUT2D eigenvalue weighted by Crippen LogP contribution is -2.41. The van der Waals surface area contributed by atoms with Crippen LogP contribution in [-0.2, 0) is 16.1 Å². The molecule has 5 nitrogen and oxygen atoms in total. The van der Waals surface area contributed by atoms with Crippen LogP contribution in [-0.4, -0.2) is 28.4 Å². The number of hydrogen-bond donors (Lipinski definition) is 1. The van der Waals surface area contributed by atoms with Gasteiger partial charge in [-0.2, -0.15) is 0 Å². The van der Waals surface area contributed by atoms with Gasteiger partial charge < -0.3 is 14.4 Å². The molecular formula is C15H19NO4. The van der Waals surface area contributed by atoms with E-state index in [2.05, 4.69) is 0 Å². The summed E-state index contributed by atoms with van der Waals surface area (Å²) in [5.74, 6) is -1.41. The van der Waals surface area contributed by atoms with Gasteiger partial charge >= 0.3 is 5.97 Å². The average Bonchev–Trinajstić information content (AvgIpc) is 2.97. The number of carbonyl (C=O) groups is 2. The van der Waals surface area contributed by atoms with E-state index in [1.807, 2.05) is 25.1 Å². The molecule has 5 heteroatoms. The summed E-state index contributed by atoms with van der Waals surface area (Å²) in [4.78, 5) is 25.5. The quantitative estimate of drug-likeness (QED) is 0.838. The minimum Gasteiger partial charge on any atom is -0.481 e. The summed E-state index contributed by atoms with van der Waals surface area (Å²) in [6, 6.07) is 3.59. The van der Waals surface area contributed by atoms with Crippen LogP contribution in [0.2, 0.25) is 0 Å². The lowest BCUT2D eigenvalue weighted by atomic mass is 9.82. The molecule has 1 amide bonds. The minimum absolute atomic E-state index is 0.111. The molecule has 20 heavy (non-hydrogen) atoms. The van der Waals surface area contributed by atoms with Gasteiger partial charge in [0.15, 0.2) is 0 Å². The molecule has 0 unspecified atom stereocenters. The molecule has 0 saturated carbocycles. The van der Waals surface area contributed by atoms with E-state index in [0.717, 1.165) is 0 Å². The van der Waals surface area contributed by atoms with E-state index < -0.39 is 17.8 Å². The maximum absolute atomic E-state index is 12.6. The molecule has 108 valence electrons. The van der Waals surface area contributed by atoms with Crippen LogP contribution in [0.1, 0.15) is 25.5 Å². The highest BCUT2D eigenvalue weighted by Gasteiger charge is 2.36. The van der Waals surface area contributed by atoms with Crippen LogP contribution in [0.4, 0.5) is 0 Å². The van der Waals surface area contributed by atoms with E-state index >= 15 is 0 Å². The molecule has 0 bridgehead atoms. The zero-order chi connectivity index (χ0) is 14.5. The summed E-state index contributed by atoms with van der Waals surface area (Å²) < 4.78 is 5.25. The molecule has 0 aromatic carbocycles. The topological polar surface area (TPSA) is 70.8 Å². The minimum atomic E-state index is -0.901. The van der Waals surface area contributed by atoms with Crippen molar-refractivity contribution in [2.75, 3.05) is 6.54 Å². The zero-order valence-electron chi connectivity index (χ0n) is 11.5. The van der Waals surface area contributed by atoms with Crippen LogP contribution >= 0.6 is 0 Å². The Labute approximate surface area is 117 Å². The maximum Gasteiger partial charge on any atom is 0.307 e. The SMILES string of the molecule is CCN(Cc1ccco1)C(=O)[C@@H]1CC=CC[C@@H]1C(=O)O. The fourth-order valence-electron chi connectivity index (χ4n) is 2.53. The van der Waals surface area contributed by atoms with Gasteiger partial charge in [-0.05, 0) is 31.9 Å². The molecule has 2 rings (SSSR count). The van der Waals surface area contributed by atoms with E-state index in [1.165, 1.54) is 0 Å². The molecular weight excluding hydrogens is 258 g/mol. The zero-order valence-corrected chi connectivity index (χ0v) is 11.5. The monoisotopic (exact) mass is 277 g/mol. The number of carboxylic acid groups (broad SMARTS) is 1. The van der Waals surface area contributed by atoms with Crippen LogP contribution in [0.3, 0.4) is 0 Å². The van der Waals surface area contributed by atoms with Crippen molar-refractivity contribution in [2.45, 2.75) is 26.3 Å². The Morgan fingerprint density at radius 2 is 2.05 bits per heavy atom. The smallest absolute Gasteiger partial charge is 0.307 e. The van der Waals surface area contributed by atoms with Crippen molar-refractivity contribution in [3.63, 3.8) is 0 Å². The first-order chi connectivity index (χ1) is 9.63. The van der Waals surface area contributed by atoms with Crippen molar-refractivity contribution in [3.05, 3.63) is 36.3 Å². The lowest BCUT2D eigenvalue weighted by molar-refractivity contribution is -0.150. The largest absolute Gasteiger partial charge is 0.481 e. The van der Waals surface area contributed by atoms with Gasteiger partial charge in [0.25, 0.3) is 0 Å². The highest BCUT2D eigenvalue weighted by Crippen LogP contribution is 2.28. The summed E-state index contributed by atoms with van der Waals surface area (Å²) in [6.07, 6.45) is 6.21. The Balaban J connectivity index is 2.10. The van der Waals surface area contributed by atoms with E-state index in [9.17, 15) is 14.7 Å². The Morgan fingerprint density at radius 1 is 1.35 bits per heavy atom. The third kappa shape index (κ3) is 3.10. The first kappa shape index (κ1) is 14.4. The van der Waals surface area contributed by atoms with Crippen LogP contribution < -0.4 is 0 Å². The molecule has 0 fully saturated rings. The van der Waals surface area contributed by atoms with Crippen molar-refractivity contribution in [1.82, 2.24) is 4.90 Å². The number of allylic oxidation sites excluding steroid dienone is 2. The van der Waals surface area contributed by atoms with Crippen LogP contribution in [0.25, 0.3) is 0 Å². The number of hydrogen-bond acceptors (Lipinski definition) is 3. The van der Waals surface area contributed by atoms with Crippen molar-refractivity contribution >= 4 is 11.9 Å². The molecule has 0 aliphatic heterocycles. The van der Waals surface area contributed by atoms with Gasteiger partial charge in [-0.25, -0.2) is 0 Å². The second-order valence-electron chi connectivity index (χ2n) is 4.93. The molecule has 0 saturated heterocycles. The Kier molecular flexibility index (Phi) is 4.61. The molecule has 1 aromatic rings. The number of aliphatic carboxylic acids is 1. The summed E-state index contributed by atoms with van der Waals surface area (Å²) in [7, 11) is 0. The fourth-order valence-corrected chi connectivity index (χ4v) is 2.53. The highest BCUT2D eigenvalue weighted by molar-refractivity contribution is 5.85. The summed E-state index contributed by atoms with van der Waals surface area (Å²) in [5, 5.41) is 9.25. The van der Waals surface area contributed by atoms with Crippen molar-refractivity contribution < 1.29 is 19.1 Å². The molecule has 1 aliphatic carbocycles. The van der Waals surface area contributed by atoms with Gasteiger partial charge in [-0.1, -0.05) is 12.2 Å². The third-order valence-corrected chi connectivity index (χ3v) is 3.69. The van der Waals surface area contributed by atoms with Gasteiger partial charge in [-0.3, -0.25) is 9.59 Å². The fraction of sp³-hybridized carbons (Fsp3) is 0.467. The predicted octanol–water partition coefficient (Wildman–Crippen LogP) is 2.30. The molecule has 1 aliphatic rings. The first-order valence-electron chi connectivity index (χ1n) is 6.82. The molecule has 1 N–H and O–H groups in total. The Hall–Kier alpha value is -2.04. The molecule has 0 radical (unpaired) electrons. The molecule has 1 heterocycles. The normalized spacial score (nSPS) is 21.6. The molecule has 1 aromatic heterocycles. The van der Waals surface area contributed by atoms with Crippen LogP contribution in [0.5, 0.6) is 0 Å². The third-order valence-electron chi connectivity index (χ3n) is 3.69. The van der Waals surface area contributed by atoms with Crippen LogP contribution in [0, 0.1) is 11.8 Å². The average molecular weight is 277 g/mol. The highest BCUT2D eigenvalue weighted by atomic mass is 16.4. The summed E-state index contributed by atoms with van der Waals surface area (Å²) >= 11 is 0. The van der Waals surface area contributed by atoms with Gasteiger partial charge in [-0.15, -0.1) is 0 Å². The van der Waals surface area contributed by atoms with Gasteiger partial charge in [0, 0.05) is 6.54 Å². The number of nitrogens with zero attached hydrogens (tertiary/aromatic N) is 1. The predicted molar refractivity (Wildman–Crippen MR) is 72.8 cm³/mol. The second kappa shape index (κ2) is 6.41. The number of carbonyl (C=O) groups excluding carboxylic acids is 1. The van der Waals surface area contributed by atoms with Crippen molar-refractivity contribution in [1.29, 1.82) is 0 Å². The van der Waals surface area contributed by atoms with E-state index in [4.69, 9.17) is 4.42 Å².